The first-order valence-electron chi connectivity index (χ1n) is 18.2. The fraction of sp³-hybridized carbons (Fsp3) is 0.561. The van der Waals surface area contributed by atoms with E-state index in [1.165, 1.54) is 69.8 Å². The Balaban J connectivity index is 1.68. The molecule has 0 amide bonds. The van der Waals surface area contributed by atoms with Gasteiger partial charge in [0.25, 0.3) is 0 Å². The van der Waals surface area contributed by atoms with Gasteiger partial charge in [-0.25, -0.2) is 0 Å². The van der Waals surface area contributed by atoms with Gasteiger partial charge in [-0.2, -0.15) is 13.2 Å². The lowest BCUT2D eigenvalue weighted by molar-refractivity contribution is -0.214. The summed E-state index contributed by atoms with van der Waals surface area (Å²) >= 11 is 0. The monoisotopic (exact) mass is 667 g/mol. The van der Waals surface area contributed by atoms with Crippen LogP contribution in [0.4, 0.5) is 13.2 Å². The van der Waals surface area contributed by atoms with Crippen LogP contribution >= 0.6 is 0 Å². The van der Waals surface area contributed by atoms with Crippen LogP contribution in [0.25, 0.3) is 22.4 Å². The summed E-state index contributed by atoms with van der Waals surface area (Å²) in [5.74, 6) is -0.869. The van der Waals surface area contributed by atoms with Crippen molar-refractivity contribution in [1.29, 1.82) is 0 Å². The number of aryl methyl sites for hydroxylation is 1. The van der Waals surface area contributed by atoms with Gasteiger partial charge in [0, 0.05) is 24.8 Å². The van der Waals surface area contributed by atoms with E-state index >= 15 is 0 Å². The molecule has 0 fully saturated rings. The molecule has 48 heavy (non-hydrogen) atoms. The molecule has 264 valence electrons. The zero-order valence-corrected chi connectivity index (χ0v) is 29.1. The van der Waals surface area contributed by atoms with Crippen molar-refractivity contribution in [2.45, 2.75) is 141 Å². The Bertz CT molecular complexity index is 1310. The van der Waals surface area contributed by atoms with Crippen molar-refractivity contribution in [3.05, 3.63) is 78.0 Å². The first-order chi connectivity index (χ1) is 23.2. The van der Waals surface area contributed by atoms with E-state index in [9.17, 15) is 23.1 Å². The third-order valence-corrected chi connectivity index (χ3v) is 9.24. The van der Waals surface area contributed by atoms with Gasteiger partial charge in [-0.15, -0.1) is 0 Å². The van der Waals surface area contributed by atoms with Crippen LogP contribution in [-0.4, -0.2) is 34.9 Å². The highest BCUT2D eigenvalue weighted by atomic mass is 19.4. The van der Waals surface area contributed by atoms with E-state index in [0.717, 1.165) is 47.7 Å². The SMILES string of the molecule is CCCCCCCCCCCCCc1ccc(-c2cc(C(CCCOC(C)C(F)(F)F)CCCC(=O)O)ccc2-c2ccccc2)nc1. The van der Waals surface area contributed by atoms with E-state index in [-0.39, 0.29) is 18.9 Å². The molecule has 1 N–H and O–H groups in total. The zero-order valence-electron chi connectivity index (χ0n) is 29.1. The van der Waals surface area contributed by atoms with Crippen molar-refractivity contribution in [3.63, 3.8) is 0 Å². The summed E-state index contributed by atoms with van der Waals surface area (Å²) in [6.45, 7) is 3.28. The minimum absolute atomic E-state index is 0.00674. The predicted octanol–water partition coefficient (Wildman–Crippen LogP) is 12.4. The summed E-state index contributed by atoms with van der Waals surface area (Å²) in [4.78, 5) is 16.2. The first kappa shape index (κ1) is 39.3. The summed E-state index contributed by atoms with van der Waals surface area (Å²) < 4.78 is 43.9. The second-order valence-corrected chi connectivity index (χ2v) is 13.2. The highest BCUT2D eigenvalue weighted by Gasteiger charge is 2.36. The molecule has 4 nitrogen and oxygen atoms in total. The van der Waals surface area contributed by atoms with Crippen molar-refractivity contribution in [3.8, 4) is 22.4 Å². The Labute approximate surface area is 286 Å². The summed E-state index contributed by atoms with van der Waals surface area (Å²) in [7, 11) is 0. The topological polar surface area (TPSA) is 59.4 Å². The lowest BCUT2D eigenvalue weighted by Crippen LogP contribution is -2.28. The average Bonchev–Trinajstić information content (AvgIpc) is 3.08. The molecule has 7 heteroatoms. The smallest absolute Gasteiger partial charge is 0.414 e. The van der Waals surface area contributed by atoms with Crippen molar-refractivity contribution in [2.75, 3.05) is 6.61 Å². The largest absolute Gasteiger partial charge is 0.481 e. The van der Waals surface area contributed by atoms with Gasteiger partial charge in [0.15, 0.2) is 6.10 Å². The van der Waals surface area contributed by atoms with Crippen LogP contribution in [0, 0.1) is 0 Å². The second kappa shape index (κ2) is 21.7. The predicted molar refractivity (Wildman–Crippen MR) is 190 cm³/mol. The van der Waals surface area contributed by atoms with E-state index in [1.54, 1.807) is 0 Å². The number of aromatic nitrogens is 1. The molecule has 0 saturated carbocycles. The molecule has 1 heterocycles. The molecule has 0 aliphatic rings. The maximum absolute atomic E-state index is 12.9. The van der Waals surface area contributed by atoms with E-state index < -0.39 is 18.2 Å². The number of rotatable bonds is 24. The van der Waals surface area contributed by atoms with Gasteiger partial charge >= 0.3 is 12.1 Å². The van der Waals surface area contributed by atoms with Gasteiger partial charge in [0.1, 0.15) is 0 Å². The highest BCUT2D eigenvalue weighted by Crippen LogP contribution is 2.37. The summed E-state index contributed by atoms with van der Waals surface area (Å²) in [6, 6.07) is 20.7. The lowest BCUT2D eigenvalue weighted by Gasteiger charge is -2.21. The molecule has 0 aliphatic heterocycles. The molecule has 3 aromatic rings. The number of benzene rings is 2. The van der Waals surface area contributed by atoms with E-state index in [1.807, 2.05) is 24.4 Å². The minimum Gasteiger partial charge on any atom is -0.481 e. The van der Waals surface area contributed by atoms with E-state index in [0.29, 0.717) is 25.7 Å². The van der Waals surface area contributed by atoms with E-state index in [2.05, 4.69) is 49.4 Å². The van der Waals surface area contributed by atoms with Crippen LogP contribution in [0.3, 0.4) is 0 Å². The van der Waals surface area contributed by atoms with Gasteiger partial charge in [0.2, 0.25) is 0 Å². The summed E-state index contributed by atoms with van der Waals surface area (Å²) in [6.07, 6.45) is 13.5. The fourth-order valence-electron chi connectivity index (χ4n) is 6.28. The molecule has 2 atom stereocenters. The minimum atomic E-state index is -4.39. The molecular formula is C41H56F3NO3. The molecule has 0 bridgehead atoms. The average molecular weight is 668 g/mol. The Morgan fingerprint density at radius 3 is 2.04 bits per heavy atom. The number of alkyl halides is 3. The summed E-state index contributed by atoms with van der Waals surface area (Å²) in [5.41, 5.74) is 6.24. The number of carbonyl (C=O) groups is 1. The number of carboxylic acid groups (broad SMARTS) is 1. The molecule has 3 rings (SSSR count). The number of unbranched alkanes of at least 4 members (excludes halogenated alkanes) is 10. The lowest BCUT2D eigenvalue weighted by atomic mass is 9.86. The number of pyridine rings is 1. The number of halogens is 3. The van der Waals surface area contributed by atoms with Crippen LogP contribution in [0.15, 0.2) is 66.9 Å². The van der Waals surface area contributed by atoms with Crippen molar-refractivity contribution < 1.29 is 27.8 Å². The molecule has 1 aromatic heterocycles. The Morgan fingerprint density at radius 1 is 0.792 bits per heavy atom. The van der Waals surface area contributed by atoms with Crippen molar-refractivity contribution in [2.24, 2.45) is 0 Å². The number of ether oxygens (including phenoxy) is 1. The summed E-state index contributed by atoms with van der Waals surface area (Å²) in [5, 5.41) is 9.23. The molecule has 2 aromatic carbocycles. The Hall–Kier alpha value is -3.19. The Morgan fingerprint density at radius 2 is 1.44 bits per heavy atom. The van der Waals surface area contributed by atoms with Crippen molar-refractivity contribution in [1.82, 2.24) is 4.98 Å². The number of hydrogen-bond acceptors (Lipinski definition) is 3. The third-order valence-electron chi connectivity index (χ3n) is 9.24. The Kier molecular flexibility index (Phi) is 17.8. The van der Waals surface area contributed by atoms with Crippen LogP contribution in [0.5, 0.6) is 0 Å². The number of nitrogens with zero attached hydrogens (tertiary/aromatic N) is 1. The molecule has 2 unspecified atom stereocenters. The molecule has 0 radical (unpaired) electrons. The van der Waals surface area contributed by atoms with Gasteiger partial charge in [0.05, 0.1) is 5.69 Å². The van der Waals surface area contributed by atoms with Gasteiger partial charge in [-0.05, 0) is 85.8 Å². The second-order valence-electron chi connectivity index (χ2n) is 13.2. The van der Waals surface area contributed by atoms with Crippen LogP contribution in [0.1, 0.15) is 134 Å². The maximum Gasteiger partial charge on any atom is 0.414 e. The molecule has 0 saturated heterocycles. The quantitative estimate of drug-likeness (QED) is 0.0966. The van der Waals surface area contributed by atoms with Gasteiger partial charge in [-0.1, -0.05) is 120 Å². The zero-order chi connectivity index (χ0) is 34.6. The molecule has 0 aliphatic carbocycles. The van der Waals surface area contributed by atoms with Crippen LogP contribution < -0.4 is 0 Å². The van der Waals surface area contributed by atoms with Crippen molar-refractivity contribution >= 4 is 5.97 Å². The van der Waals surface area contributed by atoms with Gasteiger partial charge < -0.3 is 9.84 Å². The fourth-order valence-corrected chi connectivity index (χ4v) is 6.28. The molecule has 0 spiro atoms. The van der Waals surface area contributed by atoms with E-state index in [4.69, 9.17) is 9.72 Å². The van der Waals surface area contributed by atoms with Gasteiger partial charge in [-0.3, -0.25) is 9.78 Å². The number of hydrogen-bond donors (Lipinski definition) is 1. The van der Waals surface area contributed by atoms with Crippen LogP contribution in [0.2, 0.25) is 0 Å². The molecular weight excluding hydrogens is 611 g/mol. The highest BCUT2D eigenvalue weighted by molar-refractivity contribution is 5.82. The number of aliphatic carboxylic acids is 1. The third kappa shape index (κ3) is 14.5. The first-order valence-corrected chi connectivity index (χ1v) is 18.2. The normalized spacial score (nSPS) is 13.0. The standard InChI is InChI=1S/C41H56F3NO3/c1-3-4-5-6-7-8-9-10-11-12-14-19-33-25-28-39(45-31-33)38-30-36(26-27-37(38)35-20-15-13-16-21-35)34(22-17-24-40(46)47)23-18-29-48-32(2)41(42,43)44/h13,15-16,20-21,25-28,30-32,34H,3-12,14,17-19,22-24,29H2,1-2H3,(H,46,47). The van der Waals surface area contributed by atoms with Crippen LogP contribution in [-0.2, 0) is 16.0 Å². The maximum atomic E-state index is 12.9. The number of carboxylic acids is 1.